The maximum atomic E-state index is 11.1. The van der Waals surface area contributed by atoms with Gasteiger partial charge in [0.1, 0.15) is 11.6 Å². The van der Waals surface area contributed by atoms with Crippen molar-refractivity contribution in [3.63, 3.8) is 0 Å². The van der Waals surface area contributed by atoms with Gasteiger partial charge in [-0.25, -0.2) is 0 Å². The van der Waals surface area contributed by atoms with Crippen LogP contribution in [-0.2, 0) is 9.59 Å². The van der Waals surface area contributed by atoms with Crippen molar-refractivity contribution in [1.29, 1.82) is 0 Å². The van der Waals surface area contributed by atoms with Crippen molar-refractivity contribution in [2.75, 3.05) is 17.3 Å². The van der Waals surface area contributed by atoms with Gasteiger partial charge in [0.2, 0.25) is 0 Å². The first kappa shape index (κ1) is 12.4. The van der Waals surface area contributed by atoms with E-state index in [1.54, 1.807) is 0 Å². The molecule has 0 heterocycles. The highest BCUT2D eigenvalue weighted by atomic mass is 32.1. The van der Waals surface area contributed by atoms with E-state index >= 15 is 0 Å². The molecule has 0 bridgehead atoms. The molecule has 0 amide bonds. The van der Waals surface area contributed by atoms with Gasteiger partial charge in [-0.05, 0) is 0 Å². The average Bonchev–Trinajstić information content (AvgIpc) is 2.12. The molecule has 2 nitrogen and oxygen atoms in total. The van der Waals surface area contributed by atoms with Gasteiger partial charge in [-0.15, -0.1) is 0 Å². The van der Waals surface area contributed by atoms with Gasteiger partial charge in [-0.3, -0.25) is 9.59 Å². The Bertz CT molecular complexity index is 170. The van der Waals surface area contributed by atoms with Crippen LogP contribution in [-0.4, -0.2) is 28.8 Å². The number of carbonyl (C=O) groups excluding carboxylic acids is 2. The number of carbonyl (C=O) groups is 2. The third-order valence-electron chi connectivity index (χ3n) is 1.48. The standard InChI is InChI=1S/C7H12O2S3/c8-6(3-11)1-5(2-10)7(9)4-12/h5,10-12H,1-4H2. The monoisotopic (exact) mass is 224 g/mol. The normalized spacial score (nSPS) is 12.6. The lowest BCUT2D eigenvalue weighted by molar-refractivity contribution is -0.124. The summed E-state index contributed by atoms with van der Waals surface area (Å²) in [5, 5.41) is 0. The van der Waals surface area contributed by atoms with Gasteiger partial charge < -0.3 is 0 Å². The van der Waals surface area contributed by atoms with Crippen molar-refractivity contribution >= 4 is 49.5 Å². The lowest BCUT2D eigenvalue weighted by Crippen LogP contribution is -2.21. The van der Waals surface area contributed by atoms with Crippen molar-refractivity contribution in [2.45, 2.75) is 6.42 Å². The van der Waals surface area contributed by atoms with Crippen LogP contribution in [0.5, 0.6) is 0 Å². The molecule has 0 aromatic carbocycles. The van der Waals surface area contributed by atoms with E-state index in [2.05, 4.69) is 37.9 Å². The van der Waals surface area contributed by atoms with Gasteiger partial charge in [0.15, 0.2) is 0 Å². The minimum absolute atomic E-state index is 0.0208. The predicted octanol–water partition coefficient (Wildman–Crippen LogP) is 0.920. The number of Topliss-reactive ketones (excluding diaryl/α,β-unsaturated/α-hetero) is 2. The summed E-state index contributed by atoms with van der Waals surface area (Å²) in [6, 6.07) is 0. The molecule has 0 spiro atoms. The van der Waals surface area contributed by atoms with E-state index in [1.807, 2.05) is 0 Å². The van der Waals surface area contributed by atoms with Crippen LogP contribution in [0.1, 0.15) is 6.42 Å². The molecule has 0 fully saturated rings. The van der Waals surface area contributed by atoms with Crippen LogP contribution in [0.3, 0.4) is 0 Å². The zero-order valence-electron chi connectivity index (χ0n) is 6.56. The number of rotatable bonds is 6. The van der Waals surface area contributed by atoms with Crippen molar-refractivity contribution in [3.8, 4) is 0 Å². The second-order valence-corrected chi connectivity index (χ2v) is 3.40. The second-order valence-electron chi connectivity index (χ2n) is 2.40. The van der Waals surface area contributed by atoms with E-state index in [0.29, 0.717) is 5.75 Å². The van der Waals surface area contributed by atoms with Crippen LogP contribution in [0.2, 0.25) is 0 Å². The molecule has 12 heavy (non-hydrogen) atoms. The zero-order valence-corrected chi connectivity index (χ0v) is 9.25. The third-order valence-corrected chi connectivity index (χ3v) is 2.59. The summed E-state index contributed by atoms with van der Waals surface area (Å²) in [7, 11) is 0. The van der Waals surface area contributed by atoms with Crippen molar-refractivity contribution in [2.24, 2.45) is 5.92 Å². The summed E-state index contributed by atoms with van der Waals surface area (Å²) < 4.78 is 0. The van der Waals surface area contributed by atoms with Crippen molar-refractivity contribution in [1.82, 2.24) is 0 Å². The first-order valence-corrected chi connectivity index (χ1v) is 5.42. The lowest BCUT2D eigenvalue weighted by Gasteiger charge is -2.09. The summed E-state index contributed by atoms with van der Waals surface area (Å²) in [5.41, 5.74) is 0. The smallest absolute Gasteiger partial charge is 0.146 e. The van der Waals surface area contributed by atoms with Gasteiger partial charge >= 0.3 is 0 Å². The summed E-state index contributed by atoms with van der Waals surface area (Å²) in [6.45, 7) is 0. The molecule has 0 rings (SSSR count). The minimum Gasteiger partial charge on any atom is -0.299 e. The molecular weight excluding hydrogens is 212 g/mol. The topological polar surface area (TPSA) is 34.1 Å². The average molecular weight is 224 g/mol. The molecule has 0 aromatic heterocycles. The van der Waals surface area contributed by atoms with E-state index in [0.717, 1.165) is 0 Å². The van der Waals surface area contributed by atoms with Crippen LogP contribution in [0.15, 0.2) is 0 Å². The van der Waals surface area contributed by atoms with Gasteiger partial charge in [0, 0.05) is 29.6 Å². The molecule has 0 N–H and O–H groups in total. The molecule has 0 aliphatic heterocycles. The lowest BCUT2D eigenvalue weighted by atomic mass is 10.0. The molecule has 0 aliphatic carbocycles. The molecule has 0 aliphatic rings. The van der Waals surface area contributed by atoms with E-state index in [4.69, 9.17) is 0 Å². The Morgan fingerprint density at radius 1 is 1.08 bits per heavy atom. The molecule has 0 radical (unpaired) electrons. The Morgan fingerprint density at radius 3 is 2.00 bits per heavy atom. The van der Waals surface area contributed by atoms with Crippen molar-refractivity contribution < 1.29 is 9.59 Å². The van der Waals surface area contributed by atoms with Crippen molar-refractivity contribution in [3.05, 3.63) is 0 Å². The number of hydrogen-bond acceptors (Lipinski definition) is 5. The Labute approximate surface area is 88.7 Å². The van der Waals surface area contributed by atoms with Crippen LogP contribution >= 0.6 is 37.9 Å². The summed E-state index contributed by atoms with van der Waals surface area (Å²) in [6.07, 6.45) is 0.242. The molecule has 1 atom stereocenters. The van der Waals surface area contributed by atoms with Gasteiger partial charge in [0.25, 0.3) is 0 Å². The van der Waals surface area contributed by atoms with Crippen LogP contribution < -0.4 is 0 Å². The van der Waals surface area contributed by atoms with Gasteiger partial charge in [-0.1, -0.05) is 0 Å². The highest BCUT2D eigenvalue weighted by Gasteiger charge is 2.17. The Kier molecular flexibility index (Phi) is 7.08. The first-order valence-electron chi connectivity index (χ1n) is 3.52. The van der Waals surface area contributed by atoms with E-state index in [1.165, 1.54) is 0 Å². The Morgan fingerprint density at radius 2 is 1.67 bits per heavy atom. The SMILES string of the molecule is O=C(CS)CC(CS)C(=O)CS. The summed E-state index contributed by atoms with van der Waals surface area (Å²) in [5.74, 6) is 0.426. The number of hydrogen-bond donors (Lipinski definition) is 3. The molecule has 0 saturated carbocycles. The fourth-order valence-electron chi connectivity index (χ4n) is 0.749. The maximum Gasteiger partial charge on any atom is 0.146 e. The molecule has 70 valence electrons. The molecule has 0 aromatic rings. The van der Waals surface area contributed by atoms with E-state index in [9.17, 15) is 9.59 Å². The second kappa shape index (κ2) is 6.86. The number of thiol groups is 3. The molecular formula is C7H12O2S3. The summed E-state index contributed by atoms with van der Waals surface area (Å²) in [4.78, 5) is 22.0. The van der Waals surface area contributed by atoms with E-state index in [-0.39, 0.29) is 35.4 Å². The largest absolute Gasteiger partial charge is 0.299 e. The van der Waals surface area contributed by atoms with Crippen LogP contribution in [0, 0.1) is 5.92 Å². The third kappa shape index (κ3) is 4.42. The van der Waals surface area contributed by atoms with Crippen LogP contribution in [0.4, 0.5) is 0 Å². The fourth-order valence-corrected chi connectivity index (χ4v) is 1.47. The highest BCUT2D eigenvalue weighted by Crippen LogP contribution is 2.09. The van der Waals surface area contributed by atoms with Crippen LogP contribution in [0.25, 0.3) is 0 Å². The fraction of sp³-hybridized carbons (Fsp3) is 0.714. The first-order chi connectivity index (χ1) is 5.65. The number of ketones is 2. The summed E-state index contributed by atoms with van der Waals surface area (Å²) >= 11 is 11.7. The van der Waals surface area contributed by atoms with E-state index < -0.39 is 0 Å². The van der Waals surface area contributed by atoms with Gasteiger partial charge in [-0.2, -0.15) is 37.9 Å². The minimum atomic E-state index is -0.287. The zero-order chi connectivity index (χ0) is 9.56. The quantitative estimate of drug-likeness (QED) is 0.587. The molecule has 0 saturated heterocycles. The molecule has 5 heteroatoms. The Hall–Kier alpha value is 0.390. The Balaban J connectivity index is 3.99. The predicted molar refractivity (Wildman–Crippen MR) is 59.7 cm³/mol. The molecule has 1 unspecified atom stereocenters. The highest BCUT2D eigenvalue weighted by molar-refractivity contribution is 7.81. The maximum absolute atomic E-state index is 11.1. The van der Waals surface area contributed by atoms with Gasteiger partial charge in [0.05, 0.1) is 0 Å².